The van der Waals surface area contributed by atoms with Crippen LogP contribution in [0, 0.1) is 11.6 Å². The van der Waals surface area contributed by atoms with Crippen LogP contribution in [-0.2, 0) is 11.2 Å². The van der Waals surface area contributed by atoms with Crippen LogP contribution in [0.25, 0.3) is 0 Å². The predicted molar refractivity (Wildman–Crippen MR) is 95.1 cm³/mol. The van der Waals surface area contributed by atoms with E-state index in [0.717, 1.165) is 29.8 Å². The lowest BCUT2D eigenvalue weighted by atomic mass is 10.1. The Balaban J connectivity index is 1.65. The van der Waals surface area contributed by atoms with Crippen LogP contribution in [0.5, 0.6) is 0 Å². The van der Waals surface area contributed by atoms with Crippen LogP contribution >= 0.6 is 0 Å². The molecule has 7 heteroatoms. The van der Waals surface area contributed by atoms with Gasteiger partial charge in [0.25, 0.3) is 0 Å². The van der Waals surface area contributed by atoms with Crippen molar-refractivity contribution in [1.82, 2.24) is 4.90 Å². The summed E-state index contributed by atoms with van der Waals surface area (Å²) in [6.45, 7) is 2.54. The van der Waals surface area contributed by atoms with Crippen LogP contribution in [0.2, 0.25) is 0 Å². The Bertz CT molecular complexity index is 841. The minimum Gasteiger partial charge on any atom is -0.324 e. The van der Waals surface area contributed by atoms with E-state index in [4.69, 9.17) is 0 Å². The van der Waals surface area contributed by atoms with Crippen molar-refractivity contribution >= 4 is 23.3 Å². The Morgan fingerprint density at radius 2 is 1.88 bits per heavy atom. The number of nitrogens with one attached hydrogen (secondary N) is 1. The van der Waals surface area contributed by atoms with E-state index < -0.39 is 17.7 Å². The summed E-state index contributed by atoms with van der Waals surface area (Å²) < 4.78 is 26.4. The number of aryl methyl sites for hydroxylation is 1. The molecule has 0 saturated carbocycles. The van der Waals surface area contributed by atoms with Crippen molar-refractivity contribution in [3.8, 4) is 0 Å². The van der Waals surface area contributed by atoms with Crippen molar-refractivity contribution in [3.63, 3.8) is 0 Å². The van der Waals surface area contributed by atoms with Crippen molar-refractivity contribution in [2.24, 2.45) is 0 Å². The summed E-state index contributed by atoms with van der Waals surface area (Å²) in [6.07, 6.45) is 0.781. The van der Waals surface area contributed by atoms with Gasteiger partial charge in [-0.2, -0.15) is 0 Å². The average Bonchev–Trinajstić information content (AvgIpc) is 2.98. The van der Waals surface area contributed by atoms with Crippen molar-refractivity contribution in [2.75, 3.05) is 29.9 Å². The van der Waals surface area contributed by atoms with Gasteiger partial charge in [-0.3, -0.25) is 9.69 Å². The molecule has 0 aliphatic carbocycles. The van der Waals surface area contributed by atoms with E-state index in [1.807, 2.05) is 31.2 Å². The number of amides is 3. The number of hydrogen-bond acceptors (Lipinski definition) is 2. The van der Waals surface area contributed by atoms with E-state index in [2.05, 4.69) is 5.32 Å². The fourth-order valence-electron chi connectivity index (χ4n) is 2.94. The second kappa shape index (κ2) is 7.51. The zero-order chi connectivity index (χ0) is 18.7. The first-order chi connectivity index (χ1) is 12.5. The van der Waals surface area contributed by atoms with Crippen LogP contribution in [0.4, 0.5) is 25.0 Å². The number of urea groups is 1. The van der Waals surface area contributed by atoms with Crippen LogP contribution in [0.15, 0.2) is 42.5 Å². The lowest BCUT2D eigenvalue weighted by Gasteiger charge is -2.19. The topological polar surface area (TPSA) is 52.7 Å². The highest BCUT2D eigenvalue weighted by atomic mass is 19.2. The lowest BCUT2D eigenvalue weighted by Crippen LogP contribution is -2.37. The van der Waals surface area contributed by atoms with Crippen molar-refractivity contribution in [2.45, 2.75) is 13.3 Å². The Hall–Kier alpha value is -2.96. The summed E-state index contributed by atoms with van der Waals surface area (Å²) in [7, 11) is 0. The molecule has 0 unspecified atom stereocenters. The first-order valence-corrected chi connectivity index (χ1v) is 8.39. The van der Waals surface area contributed by atoms with E-state index in [-0.39, 0.29) is 18.1 Å². The normalized spacial score (nSPS) is 14.0. The maximum atomic E-state index is 13.4. The number of halogens is 2. The Morgan fingerprint density at radius 3 is 2.62 bits per heavy atom. The highest BCUT2D eigenvalue weighted by Crippen LogP contribution is 2.22. The molecule has 1 fully saturated rings. The van der Waals surface area contributed by atoms with E-state index >= 15 is 0 Å². The van der Waals surface area contributed by atoms with Gasteiger partial charge in [0.1, 0.15) is 6.54 Å². The Kier molecular flexibility index (Phi) is 5.16. The molecule has 5 nitrogen and oxygen atoms in total. The minimum absolute atomic E-state index is 0.100. The molecule has 0 bridgehead atoms. The summed E-state index contributed by atoms with van der Waals surface area (Å²) in [6, 6.07) is 10.4. The average molecular weight is 359 g/mol. The summed E-state index contributed by atoms with van der Waals surface area (Å²) in [5, 5.41) is 2.82. The maximum Gasteiger partial charge on any atom is 0.325 e. The molecule has 1 saturated heterocycles. The van der Waals surface area contributed by atoms with E-state index in [1.165, 1.54) is 15.9 Å². The number of nitrogens with zero attached hydrogens (tertiary/aromatic N) is 2. The van der Waals surface area contributed by atoms with Crippen LogP contribution in [-0.4, -0.2) is 36.5 Å². The lowest BCUT2D eigenvalue weighted by molar-refractivity contribution is -0.116. The molecule has 3 amide bonds. The zero-order valence-corrected chi connectivity index (χ0v) is 14.3. The third-order valence-corrected chi connectivity index (χ3v) is 4.32. The standard InChI is InChI=1S/C19H19F2N3O2/c1-2-13-5-3-4-6-17(13)22-18(25)12-23-9-10-24(19(23)26)14-7-8-15(20)16(21)11-14/h3-8,11H,2,9-10,12H2,1H3,(H,22,25). The van der Waals surface area contributed by atoms with Crippen LogP contribution in [0.3, 0.4) is 0 Å². The molecule has 26 heavy (non-hydrogen) atoms. The summed E-state index contributed by atoms with van der Waals surface area (Å²) in [4.78, 5) is 27.5. The van der Waals surface area contributed by atoms with Gasteiger partial charge in [-0.25, -0.2) is 13.6 Å². The fraction of sp³-hybridized carbons (Fsp3) is 0.263. The SMILES string of the molecule is CCc1ccccc1NC(=O)CN1CCN(c2ccc(F)c(F)c2)C1=O. The molecule has 1 aliphatic rings. The molecule has 2 aromatic rings. The summed E-state index contributed by atoms with van der Waals surface area (Å²) >= 11 is 0. The largest absolute Gasteiger partial charge is 0.325 e. The Labute approximate surface area is 150 Å². The molecule has 1 N–H and O–H groups in total. The summed E-state index contributed by atoms with van der Waals surface area (Å²) in [5.74, 6) is -2.28. The van der Waals surface area contributed by atoms with Gasteiger partial charge < -0.3 is 10.2 Å². The molecule has 0 atom stereocenters. The van der Waals surface area contributed by atoms with E-state index in [1.54, 1.807) is 0 Å². The Morgan fingerprint density at radius 1 is 1.12 bits per heavy atom. The number of anilines is 2. The molecular formula is C19H19F2N3O2. The van der Waals surface area contributed by atoms with Crippen molar-refractivity contribution < 1.29 is 18.4 Å². The van der Waals surface area contributed by atoms with Gasteiger partial charge in [-0.05, 0) is 30.2 Å². The molecule has 3 rings (SSSR count). The van der Waals surface area contributed by atoms with E-state index in [0.29, 0.717) is 13.1 Å². The predicted octanol–water partition coefficient (Wildman–Crippen LogP) is 3.41. The van der Waals surface area contributed by atoms with Gasteiger partial charge in [0.15, 0.2) is 11.6 Å². The minimum atomic E-state index is -1.01. The monoisotopic (exact) mass is 359 g/mol. The van der Waals surface area contributed by atoms with Gasteiger partial charge in [0.2, 0.25) is 5.91 Å². The van der Waals surface area contributed by atoms with Gasteiger partial charge in [-0.15, -0.1) is 0 Å². The fourth-order valence-corrected chi connectivity index (χ4v) is 2.94. The number of carbonyl (C=O) groups excluding carboxylic acids is 2. The molecule has 136 valence electrons. The third-order valence-electron chi connectivity index (χ3n) is 4.32. The molecule has 0 aromatic heterocycles. The summed E-state index contributed by atoms with van der Waals surface area (Å²) in [5.41, 5.74) is 2.01. The molecule has 1 aliphatic heterocycles. The maximum absolute atomic E-state index is 13.4. The smallest absolute Gasteiger partial charge is 0.324 e. The second-order valence-electron chi connectivity index (χ2n) is 6.01. The van der Waals surface area contributed by atoms with Crippen molar-refractivity contribution in [1.29, 1.82) is 0 Å². The first-order valence-electron chi connectivity index (χ1n) is 8.39. The number of hydrogen-bond donors (Lipinski definition) is 1. The highest BCUT2D eigenvalue weighted by Gasteiger charge is 2.31. The number of para-hydroxylation sites is 1. The van der Waals surface area contributed by atoms with Gasteiger partial charge >= 0.3 is 6.03 Å². The first kappa shape index (κ1) is 17.8. The second-order valence-corrected chi connectivity index (χ2v) is 6.01. The number of benzene rings is 2. The molecule has 1 heterocycles. The van der Waals surface area contributed by atoms with Gasteiger partial charge in [0.05, 0.1) is 0 Å². The van der Waals surface area contributed by atoms with Gasteiger partial charge in [-0.1, -0.05) is 25.1 Å². The van der Waals surface area contributed by atoms with Gasteiger partial charge in [0, 0.05) is 30.5 Å². The number of carbonyl (C=O) groups is 2. The molecule has 0 radical (unpaired) electrons. The molecule has 0 spiro atoms. The van der Waals surface area contributed by atoms with E-state index in [9.17, 15) is 18.4 Å². The third kappa shape index (κ3) is 3.66. The highest BCUT2D eigenvalue weighted by molar-refractivity contribution is 5.99. The molecular weight excluding hydrogens is 340 g/mol. The molecule has 2 aromatic carbocycles. The van der Waals surface area contributed by atoms with Crippen molar-refractivity contribution in [3.05, 3.63) is 59.7 Å². The van der Waals surface area contributed by atoms with Crippen LogP contribution < -0.4 is 10.2 Å². The quantitative estimate of drug-likeness (QED) is 0.890. The zero-order valence-electron chi connectivity index (χ0n) is 14.3. The van der Waals surface area contributed by atoms with Crippen LogP contribution in [0.1, 0.15) is 12.5 Å². The number of rotatable bonds is 5.